The second-order valence-electron chi connectivity index (χ2n) is 6.33. The van der Waals surface area contributed by atoms with Gasteiger partial charge in [0.25, 0.3) is 0 Å². The smallest absolute Gasteiger partial charge is 0.159 e. The lowest BCUT2D eigenvalue weighted by atomic mass is 10.2. The minimum absolute atomic E-state index is 0.634. The predicted octanol–water partition coefficient (Wildman–Crippen LogP) is 5.70. The molecule has 7 heteroatoms. The van der Waals surface area contributed by atoms with E-state index in [1.165, 1.54) is 0 Å². The fourth-order valence-corrected chi connectivity index (χ4v) is 4.24. The summed E-state index contributed by atoms with van der Waals surface area (Å²) in [6, 6.07) is 17.9. The maximum Gasteiger partial charge on any atom is 0.159 e. The van der Waals surface area contributed by atoms with Crippen molar-refractivity contribution in [3.8, 4) is 5.75 Å². The highest BCUT2D eigenvalue weighted by Crippen LogP contribution is 2.33. The molecule has 2 aromatic heterocycles. The van der Waals surface area contributed by atoms with E-state index in [0.29, 0.717) is 6.54 Å². The summed E-state index contributed by atoms with van der Waals surface area (Å²) in [5.74, 6) is 2.35. The molecule has 0 radical (unpaired) electrons. The van der Waals surface area contributed by atoms with Gasteiger partial charge in [-0.3, -0.25) is 4.98 Å². The minimum Gasteiger partial charge on any atom is -0.496 e. The molecule has 146 valence electrons. The lowest BCUT2D eigenvalue weighted by Gasteiger charge is -2.13. The molecule has 4 aromatic rings. The number of hydrogen-bond acceptors (Lipinski definition) is 6. The first-order valence-corrected chi connectivity index (χ1v) is 10.9. The van der Waals surface area contributed by atoms with Crippen LogP contribution in [-0.2, 0) is 12.3 Å². The van der Waals surface area contributed by atoms with E-state index in [9.17, 15) is 0 Å². The van der Waals surface area contributed by atoms with Gasteiger partial charge in [-0.1, -0.05) is 45.9 Å². The van der Waals surface area contributed by atoms with Gasteiger partial charge in [-0.05, 0) is 42.0 Å². The molecule has 0 aliphatic carbocycles. The molecule has 4 rings (SSSR count). The number of fused-ring (bicyclic) bond motifs is 1. The fraction of sp³-hybridized carbons (Fsp3) is 0.136. The van der Waals surface area contributed by atoms with Crippen molar-refractivity contribution in [2.24, 2.45) is 0 Å². The van der Waals surface area contributed by atoms with Crippen LogP contribution in [0.15, 0.2) is 76.5 Å². The van der Waals surface area contributed by atoms with Crippen LogP contribution in [0, 0.1) is 0 Å². The third-order valence-corrected chi connectivity index (χ3v) is 5.83. The normalized spacial score (nSPS) is 10.8. The van der Waals surface area contributed by atoms with Crippen molar-refractivity contribution < 1.29 is 4.74 Å². The average molecular weight is 467 g/mol. The highest BCUT2D eigenvalue weighted by molar-refractivity contribution is 9.10. The van der Waals surface area contributed by atoms with E-state index < -0.39 is 0 Å². The van der Waals surface area contributed by atoms with Crippen molar-refractivity contribution in [1.82, 2.24) is 15.0 Å². The van der Waals surface area contributed by atoms with E-state index in [-0.39, 0.29) is 0 Å². The first-order chi connectivity index (χ1) is 14.2. The van der Waals surface area contributed by atoms with Crippen molar-refractivity contribution in [3.05, 3.63) is 82.6 Å². The van der Waals surface area contributed by atoms with Crippen molar-refractivity contribution in [2.75, 3.05) is 12.4 Å². The quantitative estimate of drug-likeness (QED) is 0.352. The Hall–Kier alpha value is -2.64. The molecule has 2 aromatic carbocycles. The topological polar surface area (TPSA) is 59.9 Å². The van der Waals surface area contributed by atoms with Gasteiger partial charge < -0.3 is 10.1 Å². The second-order valence-corrected chi connectivity index (χ2v) is 8.21. The van der Waals surface area contributed by atoms with Gasteiger partial charge in [0.2, 0.25) is 0 Å². The van der Waals surface area contributed by atoms with Gasteiger partial charge >= 0.3 is 0 Å². The largest absolute Gasteiger partial charge is 0.496 e. The molecule has 0 fully saturated rings. The van der Waals surface area contributed by atoms with Gasteiger partial charge in [0.1, 0.15) is 10.8 Å². The maximum absolute atomic E-state index is 5.50. The van der Waals surface area contributed by atoms with E-state index in [1.54, 1.807) is 25.1 Å². The Morgan fingerprint density at radius 3 is 2.62 bits per heavy atom. The minimum atomic E-state index is 0.634. The summed E-state index contributed by atoms with van der Waals surface area (Å²) < 4.78 is 6.52. The molecule has 2 heterocycles. The zero-order valence-electron chi connectivity index (χ0n) is 15.8. The molecule has 29 heavy (non-hydrogen) atoms. The molecule has 0 atom stereocenters. The van der Waals surface area contributed by atoms with Gasteiger partial charge in [0.05, 0.1) is 18.1 Å². The fourth-order valence-electron chi connectivity index (χ4n) is 2.89. The van der Waals surface area contributed by atoms with E-state index in [2.05, 4.69) is 32.3 Å². The van der Waals surface area contributed by atoms with Crippen LogP contribution in [0.1, 0.15) is 11.1 Å². The third kappa shape index (κ3) is 4.86. The predicted molar refractivity (Wildman–Crippen MR) is 121 cm³/mol. The number of anilines is 1. The number of nitrogens with one attached hydrogen (secondary N) is 1. The molecule has 5 nitrogen and oxygen atoms in total. The van der Waals surface area contributed by atoms with Crippen LogP contribution in [0.5, 0.6) is 5.75 Å². The summed E-state index contributed by atoms with van der Waals surface area (Å²) >= 11 is 5.17. The Bertz CT molecular complexity index is 1120. The second kappa shape index (κ2) is 9.24. The van der Waals surface area contributed by atoms with Crippen molar-refractivity contribution in [3.63, 3.8) is 0 Å². The summed E-state index contributed by atoms with van der Waals surface area (Å²) in [6.07, 6.45) is 3.62. The number of halogens is 1. The molecule has 0 saturated heterocycles. The Morgan fingerprint density at radius 2 is 1.86 bits per heavy atom. The molecule has 0 amide bonds. The molecule has 0 unspecified atom stereocenters. The van der Waals surface area contributed by atoms with Crippen LogP contribution in [0.3, 0.4) is 0 Å². The molecule has 0 spiro atoms. The number of benzene rings is 2. The lowest BCUT2D eigenvalue weighted by molar-refractivity contribution is 0.411. The van der Waals surface area contributed by atoms with Crippen LogP contribution in [0.25, 0.3) is 11.0 Å². The van der Waals surface area contributed by atoms with Gasteiger partial charge in [-0.25, -0.2) is 9.97 Å². The number of nitrogens with zero attached hydrogens (tertiary/aromatic N) is 3. The first kappa shape index (κ1) is 19.7. The average Bonchev–Trinajstić information content (AvgIpc) is 2.76. The molecule has 0 bridgehead atoms. The Kier molecular flexibility index (Phi) is 6.27. The Labute approximate surface area is 182 Å². The van der Waals surface area contributed by atoms with Crippen LogP contribution >= 0.6 is 27.7 Å². The van der Waals surface area contributed by atoms with Crippen molar-refractivity contribution in [1.29, 1.82) is 0 Å². The first-order valence-electron chi connectivity index (χ1n) is 9.08. The molecule has 0 aliphatic heterocycles. The van der Waals surface area contributed by atoms with Gasteiger partial charge in [0.15, 0.2) is 5.82 Å². The number of methoxy groups -OCH3 is 1. The number of aromatic nitrogens is 3. The number of ether oxygens (including phenoxy) is 1. The Morgan fingerprint density at radius 1 is 1.03 bits per heavy atom. The van der Waals surface area contributed by atoms with Crippen molar-refractivity contribution >= 4 is 44.5 Å². The SMILES string of the molecule is COc1ccc(Br)cc1CSc1nc2ccccc2nc1NCc1cccnc1. The summed E-state index contributed by atoms with van der Waals surface area (Å²) in [4.78, 5) is 13.8. The highest BCUT2D eigenvalue weighted by Gasteiger charge is 2.12. The zero-order chi connectivity index (χ0) is 20.1. The molecular formula is C22H19BrN4OS. The number of para-hydroxylation sites is 2. The highest BCUT2D eigenvalue weighted by atomic mass is 79.9. The van der Waals surface area contributed by atoms with Gasteiger partial charge in [-0.2, -0.15) is 0 Å². The monoisotopic (exact) mass is 466 g/mol. The van der Waals surface area contributed by atoms with Crippen LogP contribution in [-0.4, -0.2) is 22.1 Å². The number of thioether (sulfide) groups is 1. The van der Waals surface area contributed by atoms with Gasteiger partial charge in [-0.15, -0.1) is 0 Å². The van der Waals surface area contributed by atoms with Gasteiger partial charge in [0, 0.05) is 34.7 Å². The summed E-state index contributed by atoms with van der Waals surface area (Å²) in [5, 5.41) is 4.28. The van der Waals surface area contributed by atoms with E-state index in [0.717, 1.165) is 49.0 Å². The van der Waals surface area contributed by atoms with E-state index in [4.69, 9.17) is 14.7 Å². The van der Waals surface area contributed by atoms with Crippen LogP contribution in [0.2, 0.25) is 0 Å². The lowest BCUT2D eigenvalue weighted by Crippen LogP contribution is -2.05. The van der Waals surface area contributed by atoms with E-state index in [1.807, 2.05) is 54.7 Å². The third-order valence-electron chi connectivity index (χ3n) is 4.33. The molecule has 0 saturated carbocycles. The number of hydrogen-bond donors (Lipinski definition) is 1. The summed E-state index contributed by atoms with van der Waals surface area (Å²) in [7, 11) is 1.69. The molecular weight excluding hydrogens is 448 g/mol. The van der Waals surface area contributed by atoms with E-state index >= 15 is 0 Å². The van der Waals surface area contributed by atoms with Crippen molar-refractivity contribution in [2.45, 2.75) is 17.3 Å². The summed E-state index contributed by atoms with van der Waals surface area (Å²) in [5.41, 5.74) is 3.93. The molecule has 1 N–H and O–H groups in total. The number of rotatable bonds is 7. The van der Waals surface area contributed by atoms with Crippen LogP contribution < -0.4 is 10.1 Å². The van der Waals surface area contributed by atoms with Crippen LogP contribution in [0.4, 0.5) is 5.82 Å². The summed E-state index contributed by atoms with van der Waals surface area (Å²) in [6.45, 7) is 0.634. The Balaban J connectivity index is 1.62. The number of pyridine rings is 1. The zero-order valence-corrected chi connectivity index (χ0v) is 18.2. The maximum atomic E-state index is 5.50. The molecule has 0 aliphatic rings. The standard InChI is InChI=1S/C22H19BrN4OS/c1-28-20-9-8-17(23)11-16(20)14-29-22-21(25-13-15-5-4-10-24-12-15)26-18-6-2-3-7-19(18)27-22/h2-12H,13-14H2,1H3,(H,25,26).